The molecule has 0 bridgehead atoms. The van der Waals surface area contributed by atoms with Crippen LogP contribution in [0.4, 0.5) is 4.79 Å². The summed E-state index contributed by atoms with van der Waals surface area (Å²) in [6, 6.07) is 0.388. The molecule has 21 nitrogen and oxygen atoms in total. The average Bonchev–Trinajstić information content (AvgIpc) is 1.46. The van der Waals surface area contributed by atoms with E-state index in [9.17, 15) is 24.6 Å². The lowest BCUT2D eigenvalue weighted by atomic mass is 9.43. The van der Waals surface area contributed by atoms with E-state index in [0.717, 1.165) is 116 Å². The lowest BCUT2D eigenvalue weighted by molar-refractivity contribution is -0.246. The monoisotopic (exact) mass is 1230 g/mol. The molecule has 5 aliphatic carbocycles. The van der Waals surface area contributed by atoms with Gasteiger partial charge in [0, 0.05) is 102 Å². The number of aliphatic hydroxyl groups excluding tert-OH is 1. The van der Waals surface area contributed by atoms with Crippen LogP contribution in [0.1, 0.15) is 158 Å². The third-order valence-corrected chi connectivity index (χ3v) is 24.7. The Morgan fingerprint density at radius 1 is 0.895 bits per heavy atom. The highest BCUT2D eigenvalue weighted by Crippen LogP contribution is 2.87. The fourth-order valence-corrected chi connectivity index (χ4v) is 20.3. The first-order chi connectivity index (χ1) is 41.1. The summed E-state index contributed by atoms with van der Waals surface area (Å²) in [5.41, 5.74) is 5.69. The lowest BCUT2D eigenvalue weighted by Gasteiger charge is -2.63. The molecule has 2 spiro atoms. The van der Waals surface area contributed by atoms with Gasteiger partial charge in [-0.15, -0.1) is 0 Å². The second-order valence-corrected chi connectivity index (χ2v) is 30.6. The quantitative estimate of drug-likeness (QED) is 0.0298. The van der Waals surface area contributed by atoms with Crippen molar-refractivity contribution >= 4 is 29.6 Å². The molecule has 0 aromatic rings. The zero-order valence-corrected chi connectivity index (χ0v) is 54.4. The number of nitrogens with two attached hydrogens (primary N) is 1. The number of rotatable bonds is 34. The van der Waals surface area contributed by atoms with Gasteiger partial charge in [0.25, 0.3) is 0 Å². The maximum atomic E-state index is 12.8. The van der Waals surface area contributed by atoms with E-state index in [1.807, 2.05) is 25.6 Å². The van der Waals surface area contributed by atoms with Crippen molar-refractivity contribution in [2.75, 3.05) is 111 Å². The second kappa shape index (κ2) is 27.9. The fourth-order valence-electron chi connectivity index (χ4n) is 18.8. The first kappa shape index (κ1) is 66.6. The highest BCUT2D eigenvalue weighted by atomic mass is 32.2. The molecule has 0 aromatic heterocycles. The molecule has 5 aliphatic heterocycles. The van der Waals surface area contributed by atoms with Crippen molar-refractivity contribution in [2.24, 2.45) is 61.3 Å². The highest BCUT2D eigenvalue weighted by molar-refractivity contribution is 8.00. The number of thioether (sulfide) groups is 1. The number of hydrogen-bond donors (Lipinski definition) is 7. The summed E-state index contributed by atoms with van der Waals surface area (Å²) in [6.07, 6.45) is 12.0. The van der Waals surface area contributed by atoms with E-state index >= 15 is 0 Å². The summed E-state index contributed by atoms with van der Waals surface area (Å²) in [4.78, 5) is 41.6. The predicted molar refractivity (Wildman–Crippen MR) is 328 cm³/mol. The third-order valence-electron chi connectivity index (χ3n) is 23.2. The zero-order valence-electron chi connectivity index (χ0n) is 53.6. The molecule has 8 N–H and O–H groups in total. The normalized spacial score (nSPS) is 38.4. The van der Waals surface area contributed by atoms with Gasteiger partial charge >= 0.3 is 6.03 Å². The number of carbonyl (C=O) groups is 3. The van der Waals surface area contributed by atoms with Crippen molar-refractivity contribution in [3.8, 4) is 0 Å². The predicted octanol–water partition coefficient (Wildman–Crippen LogP) is 5.76. The Hall–Kier alpha value is -2.32. The van der Waals surface area contributed by atoms with Crippen molar-refractivity contribution in [1.82, 2.24) is 31.1 Å². The number of nitrogens with zero attached hydrogens (tertiary/aromatic N) is 4. The van der Waals surface area contributed by atoms with E-state index in [4.69, 9.17) is 38.9 Å². The Kier molecular flexibility index (Phi) is 21.6. The van der Waals surface area contributed by atoms with Gasteiger partial charge in [0.1, 0.15) is 6.10 Å². The molecule has 5 heterocycles. The van der Waals surface area contributed by atoms with Crippen LogP contribution in [0.25, 0.3) is 0 Å². The molecule has 17 atom stereocenters. The molecule has 0 aromatic carbocycles. The molecular formula is C64H111N9O12S. The maximum absolute atomic E-state index is 12.8. The van der Waals surface area contributed by atoms with Crippen molar-refractivity contribution < 1.29 is 57.8 Å². The summed E-state index contributed by atoms with van der Waals surface area (Å²) in [5, 5.41) is 44.6. The second-order valence-electron chi connectivity index (χ2n) is 29.3. The van der Waals surface area contributed by atoms with Gasteiger partial charge in [0.2, 0.25) is 11.8 Å². The van der Waals surface area contributed by atoms with Crippen LogP contribution in [0, 0.1) is 45.3 Å². The molecule has 10 aliphatic rings. The van der Waals surface area contributed by atoms with Gasteiger partial charge in [0.05, 0.1) is 80.7 Å². The molecule has 4 saturated heterocycles. The molecule has 9 fully saturated rings. The van der Waals surface area contributed by atoms with E-state index in [1.54, 1.807) is 13.8 Å². The molecule has 490 valence electrons. The number of aliphatic hydroxyl groups is 2. The summed E-state index contributed by atoms with van der Waals surface area (Å²) in [7, 11) is 0. The van der Waals surface area contributed by atoms with E-state index in [1.165, 1.54) is 6.42 Å². The van der Waals surface area contributed by atoms with E-state index < -0.39 is 29.0 Å². The Labute approximate surface area is 517 Å². The Morgan fingerprint density at radius 3 is 2.35 bits per heavy atom. The highest BCUT2D eigenvalue weighted by Gasteiger charge is 2.85. The van der Waals surface area contributed by atoms with E-state index in [2.05, 4.69) is 69.0 Å². The van der Waals surface area contributed by atoms with Crippen LogP contribution in [0.2, 0.25) is 0 Å². The topological polar surface area (TPSA) is 262 Å². The van der Waals surface area contributed by atoms with Crippen LogP contribution in [0.5, 0.6) is 0 Å². The fraction of sp³-hybridized carbons (Fsp3) is 0.953. The number of nitrogens with one attached hydrogen (secondary N) is 4. The molecular weight excluding hydrogens is 1120 g/mol. The minimum Gasteiger partial charge on any atom is -0.388 e. The van der Waals surface area contributed by atoms with Gasteiger partial charge in [-0.3, -0.25) is 14.5 Å². The number of morpholine rings is 1. The van der Waals surface area contributed by atoms with Crippen molar-refractivity contribution in [2.45, 2.75) is 229 Å². The Morgan fingerprint density at radius 2 is 1.60 bits per heavy atom. The first-order valence-electron chi connectivity index (χ1n) is 33.6. The van der Waals surface area contributed by atoms with Crippen molar-refractivity contribution in [3.05, 3.63) is 0 Å². The Bertz CT molecular complexity index is 2320. The number of ether oxygens (including phenoxy) is 7. The standard InChI is InChI=1S/C64H111N9O12S/c1-9-82-56(59(5,6)78)44-38-42(2)52-54(84-44)55(76)64(65)47-17-16-46-58(3,4)48(18-21-62(46)41-63(47,62)23-22-60(52,64)7)85-51-39-73(30-33-83-51)29-28-72(27-25-67-50(75)19-20-61(8)70-71-61)26-13-32-80-35-37-81-36-34-79-31-12-24-66-49(74)15-11-10-14-45-53-43(40-86-45)68-57(77)69-53/h42-48,51-56,76,78H,9-41,65H2,1-8H3,(H,66,74)(H,67,75)(H2,68,69,77)/t42-,43?,44?,45+,46+,47?,48+,51+,52+,53?,54?,55+,56+,60?,62?,63?,64+/m1/s1. The Balaban J connectivity index is 0.626. The summed E-state index contributed by atoms with van der Waals surface area (Å²) < 4.78 is 44.2. The first-order valence-corrected chi connectivity index (χ1v) is 34.7. The minimum atomic E-state index is -1.08. The molecule has 22 heteroatoms. The van der Waals surface area contributed by atoms with Gasteiger partial charge < -0.3 is 75.3 Å². The summed E-state index contributed by atoms with van der Waals surface area (Å²) in [5.74, 6) is 2.18. The van der Waals surface area contributed by atoms with Gasteiger partial charge in [-0.05, 0) is 150 Å². The molecule has 4 amide bonds. The van der Waals surface area contributed by atoms with Crippen LogP contribution in [-0.4, -0.2) is 220 Å². The molecule has 5 saturated carbocycles. The minimum absolute atomic E-state index is 0.0285. The van der Waals surface area contributed by atoms with Crippen molar-refractivity contribution in [3.63, 3.8) is 0 Å². The molecule has 0 radical (unpaired) electrons. The summed E-state index contributed by atoms with van der Waals surface area (Å²) in [6.45, 7) is 27.3. The number of carbonyl (C=O) groups excluding carboxylic acids is 3. The number of unbranched alkanes of at least 4 members (excludes halogenated alkanes) is 1. The van der Waals surface area contributed by atoms with Gasteiger partial charge in [0.15, 0.2) is 12.0 Å². The van der Waals surface area contributed by atoms with Crippen molar-refractivity contribution in [1.29, 1.82) is 0 Å². The molecule has 86 heavy (non-hydrogen) atoms. The van der Waals surface area contributed by atoms with E-state index in [0.29, 0.717) is 103 Å². The number of urea groups is 1. The number of hydrogen-bond acceptors (Lipinski definition) is 18. The third kappa shape index (κ3) is 14.2. The maximum Gasteiger partial charge on any atom is 0.315 e. The van der Waals surface area contributed by atoms with Crippen LogP contribution in [0.3, 0.4) is 0 Å². The van der Waals surface area contributed by atoms with Crippen LogP contribution in [-0.2, 0) is 42.7 Å². The van der Waals surface area contributed by atoms with Crippen LogP contribution < -0.4 is 27.0 Å². The largest absolute Gasteiger partial charge is 0.388 e. The smallest absolute Gasteiger partial charge is 0.315 e. The number of amides is 4. The molecule has 8 unspecified atom stereocenters. The lowest BCUT2D eigenvalue weighted by Crippen LogP contribution is -2.70. The summed E-state index contributed by atoms with van der Waals surface area (Å²) >= 11 is 1.91. The average molecular weight is 1230 g/mol. The van der Waals surface area contributed by atoms with Gasteiger partial charge in [-0.25, -0.2) is 4.79 Å². The SMILES string of the molecule is CCO[C@@H](C1C[C@@H](C)[C@H]2C(O1)[C@H](O)[C@@]1(N)C3CC[C@H]4C(C)(C)[C@@H](O[C@H]5CN(CCN(CCCOCCOCCOCCCNC(=O)CCCC[C@@H]6SCC7NC(=O)NC76)CCNC(=O)CCC6(C)N=N6)CCO5)CCC45CC35CCC21C)C(C)(C)O. The van der Waals surface area contributed by atoms with E-state index in [-0.39, 0.29) is 93.9 Å². The van der Waals surface area contributed by atoms with Gasteiger partial charge in [-0.1, -0.05) is 34.1 Å². The zero-order chi connectivity index (χ0) is 61.1. The van der Waals surface area contributed by atoms with Crippen LogP contribution >= 0.6 is 11.8 Å². The molecule has 10 rings (SSSR count). The van der Waals surface area contributed by atoms with Crippen LogP contribution in [0.15, 0.2) is 10.2 Å². The van der Waals surface area contributed by atoms with Gasteiger partial charge in [-0.2, -0.15) is 22.0 Å². The number of fused-ring (bicyclic) bond motifs is 5.